The molecule has 0 fully saturated rings. The van der Waals surface area contributed by atoms with Crippen LogP contribution in [0.3, 0.4) is 0 Å². The fraction of sp³-hybridized carbons (Fsp3) is 0.600. The maximum absolute atomic E-state index is 5.91. The lowest BCUT2D eigenvalue weighted by molar-refractivity contribution is 1.30. The zero-order chi connectivity index (χ0) is 15.2. The Bertz CT molecular complexity index is 301. The molecule has 0 saturated heterocycles. The summed E-state index contributed by atoms with van der Waals surface area (Å²) >= 11 is 69.3. The van der Waals surface area contributed by atoms with Gasteiger partial charge in [-0.1, -0.05) is 139 Å². The van der Waals surface area contributed by atoms with E-state index in [1.54, 1.807) is 0 Å². The summed E-state index contributed by atoms with van der Waals surface area (Å²) in [5.74, 6) is 0. The number of hydrogen-bond acceptors (Lipinski definition) is 0. The van der Waals surface area contributed by atoms with Crippen molar-refractivity contribution in [3.63, 3.8) is 0 Å². The predicted molar refractivity (Wildman–Crippen MR) is 91.2 cm³/mol. The van der Waals surface area contributed by atoms with Gasteiger partial charge >= 0.3 is 0 Å². The molecule has 0 aromatic heterocycles. The number of alkyl halides is 9. The average molecular weight is 514 g/mol. The van der Waals surface area contributed by atoms with E-state index in [1.807, 2.05) is 0 Å². The van der Waals surface area contributed by atoms with E-state index < -0.39 is 27.5 Å². The predicted octanol–water partition coefficient (Wildman–Crippen LogP) is 7.59. The van der Waals surface area contributed by atoms with E-state index in [-0.39, 0.29) is 0 Å². The number of hydrogen-bond donors (Lipinski definition) is 0. The third-order valence-electron chi connectivity index (χ3n) is 1.77. The molecular weight excluding hydrogens is 514 g/mol. The molecule has 0 aliphatic heterocycles. The molecule has 0 nitrogen and oxygen atoms in total. The molecule has 0 N–H and O–H groups in total. The second kappa shape index (κ2) is 6.91. The molecule has 0 aromatic rings. The molecule has 0 saturated carbocycles. The van der Waals surface area contributed by atoms with E-state index in [0.717, 1.165) is 0 Å². The van der Waals surface area contributed by atoms with Crippen molar-refractivity contribution in [2.45, 2.75) is 10.2 Å². The van der Waals surface area contributed by atoms with Crippen LogP contribution in [-0.4, -0.2) is 18.3 Å². The zero-order valence-corrected chi connectivity index (χ0v) is 17.6. The van der Waals surface area contributed by atoms with E-state index in [0.29, 0.717) is 0 Å². The van der Waals surface area contributed by atoms with Gasteiger partial charge in [-0.2, -0.15) is 0 Å². The molecule has 0 radical (unpaired) electrons. The second-order valence-corrected chi connectivity index (χ2v) is 18.4. The molecule has 0 aliphatic rings. The Morgan fingerprint density at radius 1 is 0.556 bits per heavy atom. The van der Waals surface area contributed by atoms with Crippen LogP contribution >= 0.6 is 139 Å². The van der Waals surface area contributed by atoms with Gasteiger partial charge < -0.3 is 0 Å². The first kappa shape index (κ1) is 21.4. The molecule has 0 heterocycles. The molecule has 0 aliphatic carbocycles. The van der Waals surface area contributed by atoms with Crippen molar-refractivity contribution >= 4 is 147 Å². The van der Waals surface area contributed by atoms with Crippen LogP contribution in [0.5, 0.6) is 0 Å². The minimum absolute atomic E-state index is 0.481. The van der Waals surface area contributed by atoms with Crippen molar-refractivity contribution in [3.8, 4) is 0 Å². The largest absolute Gasteiger partial charge is 0.278 e. The summed E-state index contributed by atoms with van der Waals surface area (Å²) in [5.41, 5.74) is 0. The van der Waals surface area contributed by atoms with Gasteiger partial charge in [0.25, 0.3) is 8.07 Å². The van der Waals surface area contributed by atoms with Crippen molar-refractivity contribution in [2.24, 2.45) is 0 Å². The van der Waals surface area contributed by atoms with E-state index in [2.05, 4.69) is 0 Å². The highest BCUT2D eigenvalue weighted by molar-refractivity contribution is 7.31. The summed E-state index contributed by atoms with van der Waals surface area (Å²) in [4.78, 5) is 0. The van der Waals surface area contributed by atoms with E-state index in [4.69, 9.17) is 139 Å². The van der Waals surface area contributed by atoms with Crippen LogP contribution < -0.4 is 0 Å². The summed E-state index contributed by atoms with van der Waals surface area (Å²) in [6.45, 7) is 0. The normalized spacial score (nSPS) is 14.7. The van der Waals surface area contributed by atoms with E-state index >= 15 is 0 Å². The molecule has 13 heteroatoms. The molecule has 0 amide bonds. The molecule has 0 atom stereocenters. The minimum atomic E-state index is -4.30. The van der Waals surface area contributed by atoms with Gasteiger partial charge in [0.15, 0.2) is 10.2 Å². The quantitative estimate of drug-likeness (QED) is 0.250. The van der Waals surface area contributed by atoms with Gasteiger partial charge in [-0.3, -0.25) is 0 Å². The average Bonchev–Trinajstić information content (AvgIpc) is 1.94. The third kappa shape index (κ3) is 4.04. The fourth-order valence-electron chi connectivity index (χ4n) is 0.997. The van der Waals surface area contributed by atoms with Crippen molar-refractivity contribution < 1.29 is 0 Å². The first-order valence-corrected chi connectivity index (χ1v) is 10.1. The highest BCUT2D eigenvalue weighted by atomic mass is 35.6. The van der Waals surface area contributed by atoms with E-state index in [9.17, 15) is 0 Å². The lowest BCUT2D eigenvalue weighted by Gasteiger charge is -2.45. The van der Waals surface area contributed by atoms with Crippen LogP contribution in [0.15, 0.2) is 9.15 Å². The van der Waals surface area contributed by atoms with Crippen LogP contribution in [0, 0.1) is 0 Å². The second-order valence-electron chi connectivity index (χ2n) is 2.82. The van der Waals surface area contributed by atoms with Gasteiger partial charge in [0.2, 0.25) is 0 Å². The Labute approximate surface area is 165 Å². The first-order valence-electron chi connectivity index (χ1n) is 3.52. The van der Waals surface area contributed by atoms with Gasteiger partial charge in [0.1, 0.15) is 4.49 Å². The molecule has 0 unspecified atom stereocenters. The lowest BCUT2D eigenvalue weighted by Crippen LogP contribution is -2.69. The molecule has 0 aromatic carbocycles. The molecule has 0 spiro atoms. The number of rotatable bonds is 1. The third-order valence-corrected chi connectivity index (χ3v) is 14.8. The van der Waals surface area contributed by atoms with Crippen LogP contribution in [0.25, 0.3) is 0 Å². The summed E-state index contributed by atoms with van der Waals surface area (Å²) in [7, 11) is -4.30. The van der Waals surface area contributed by atoms with Crippen molar-refractivity contribution in [1.82, 2.24) is 0 Å². The van der Waals surface area contributed by atoms with Crippen molar-refractivity contribution in [1.29, 1.82) is 0 Å². The monoisotopic (exact) mass is 508 g/mol. The molecule has 18 heavy (non-hydrogen) atoms. The van der Waals surface area contributed by atoms with Crippen LogP contribution in [0.4, 0.5) is 0 Å². The Kier molecular flexibility index (Phi) is 8.22. The Morgan fingerprint density at radius 2 is 0.778 bits per heavy atom. The highest BCUT2D eigenvalue weighted by Gasteiger charge is 2.76. The molecule has 0 rings (SSSR count). The van der Waals surface area contributed by atoms with Gasteiger partial charge in [0.05, 0.1) is 0 Å². The van der Waals surface area contributed by atoms with Gasteiger partial charge in [-0.05, 0) is 0 Å². The van der Waals surface area contributed by atoms with Crippen molar-refractivity contribution in [2.75, 3.05) is 0 Å². The van der Waals surface area contributed by atoms with Gasteiger partial charge in [-0.15, -0.1) is 0 Å². The summed E-state index contributed by atoms with van der Waals surface area (Å²) < 4.78 is -7.93. The maximum Gasteiger partial charge on any atom is 0.278 e. The van der Waals surface area contributed by atoms with Crippen LogP contribution in [0.1, 0.15) is 0 Å². The maximum atomic E-state index is 5.91. The van der Waals surface area contributed by atoms with Crippen LogP contribution in [-0.2, 0) is 0 Å². The SMILES string of the molecule is ClC(Cl)=C(Cl)[Si](C(Cl)(Cl)Cl)(C(Cl)(Cl)Cl)C(Cl)(Cl)Cl. The Morgan fingerprint density at radius 3 is 0.833 bits per heavy atom. The standard InChI is InChI=1S/C5Cl12Si/c6-1(7)2(8)18(3(9,10)11,4(12,13)14)5(15,16)17. The Balaban J connectivity index is 6.58. The molecule has 108 valence electrons. The first-order chi connectivity index (χ1) is 7.60. The van der Waals surface area contributed by atoms with Crippen molar-refractivity contribution in [3.05, 3.63) is 9.15 Å². The molecule has 0 bridgehead atoms. The minimum Gasteiger partial charge on any atom is -0.0911 e. The smallest absolute Gasteiger partial charge is 0.0911 e. The van der Waals surface area contributed by atoms with Crippen LogP contribution in [0.2, 0.25) is 0 Å². The topological polar surface area (TPSA) is 0 Å². The Hall–Kier alpha value is 3.44. The lowest BCUT2D eigenvalue weighted by atomic mass is 11.2. The summed E-state index contributed by atoms with van der Waals surface area (Å²) in [5, 5.41) is 0. The molecular formula is C5Cl12Si. The highest BCUT2D eigenvalue weighted by Crippen LogP contribution is 2.63. The van der Waals surface area contributed by atoms with E-state index in [1.165, 1.54) is 0 Å². The van der Waals surface area contributed by atoms with Gasteiger partial charge in [-0.25, -0.2) is 0 Å². The zero-order valence-electron chi connectivity index (χ0n) is 7.54. The summed E-state index contributed by atoms with van der Waals surface area (Å²) in [6, 6.07) is 0. The fourth-order valence-corrected chi connectivity index (χ4v) is 20.5. The summed E-state index contributed by atoms with van der Waals surface area (Å²) in [6.07, 6.45) is 0. The van der Waals surface area contributed by atoms with Gasteiger partial charge in [0, 0.05) is 4.66 Å². The number of halogens is 12.